The van der Waals surface area contributed by atoms with Gasteiger partial charge in [-0.15, -0.1) is 0 Å². The molecule has 0 aliphatic rings. The Morgan fingerprint density at radius 2 is 1.43 bits per heavy atom. The van der Waals surface area contributed by atoms with Gasteiger partial charge in [0.25, 0.3) is 0 Å². The van der Waals surface area contributed by atoms with Crippen LogP contribution < -0.4 is 70.7 Å². The van der Waals surface area contributed by atoms with Crippen molar-refractivity contribution in [2.24, 2.45) is 0 Å². The van der Waals surface area contributed by atoms with Crippen molar-refractivity contribution in [3.05, 3.63) is 0 Å². The van der Waals surface area contributed by atoms with Gasteiger partial charge in [0.05, 0.1) is 0 Å². The smallest absolute Gasteiger partial charge is 1.00 e. The maximum absolute atomic E-state index is 5.65. The second-order valence-electron chi connectivity index (χ2n) is 2.14. The van der Waals surface area contributed by atoms with Crippen molar-refractivity contribution >= 4 is 14.5 Å². The predicted octanol–water partition coefficient (Wildman–Crippen LogP) is -3.93. The molecule has 0 unspecified atom stereocenters. The normalized spacial score (nSPS) is 10.9. The molecule has 0 heterocycles. The van der Waals surface area contributed by atoms with Gasteiger partial charge in [0, 0.05) is 0 Å². The van der Waals surface area contributed by atoms with Crippen LogP contribution in [0.25, 0.3) is 0 Å². The van der Waals surface area contributed by atoms with Gasteiger partial charge >= 0.3 is 105 Å². The first-order chi connectivity index (χ1) is 2.56. The summed E-state index contributed by atoms with van der Waals surface area (Å²) in [6, 6.07) is 0. The molecule has 4 heteroatoms. The van der Waals surface area contributed by atoms with Gasteiger partial charge in [-0.1, -0.05) is 0 Å². The van der Waals surface area contributed by atoms with Crippen LogP contribution in [0.15, 0.2) is 0 Å². The first-order valence-corrected chi connectivity index (χ1v) is 11.2. The van der Waals surface area contributed by atoms with Crippen molar-refractivity contribution in [1.29, 1.82) is 0 Å². The Kier molecular flexibility index (Phi) is 10.1. The fourth-order valence-electron chi connectivity index (χ4n) is 0. The van der Waals surface area contributed by atoms with Crippen molar-refractivity contribution in [2.75, 3.05) is 0 Å². The van der Waals surface area contributed by atoms with Crippen LogP contribution >= 0.6 is 8.91 Å². The third-order valence-corrected chi connectivity index (χ3v) is 12.9. The minimum atomic E-state index is -0.756. The van der Waals surface area contributed by atoms with E-state index in [1.54, 1.807) is 0 Å². The summed E-state index contributed by atoms with van der Waals surface area (Å²) in [5.41, 5.74) is -0.756. The second-order valence-corrected chi connectivity index (χ2v) is 20.2. The monoisotopic (exact) mass is 274 g/mol. The Balaban J connectivity index is 0. The fraction of sp³-hybridized carbons (Fsp3) is 1.00. The minimum absolute atomic E-state index is 0. The molecule has 0 rings (SSSR count). The van der Waals surface area contributed by atoms with Crippen molar-refractivity contribution in [2.45, 2.75) is 19.6 Å². The molecular formula is C3H9ClIKSi. The summed E-state index contributed by atoms with van der Waals surface area (Å²) >= 11 is 0.0753. The molecule has 0 aliphatic carbocycles. The van der Waals surface area contributed by atoms with Crippen molar-refractivity contribution in [3.63, 3.8) is 0 Å². The summed E-state index contributed by atoms with van der Waals surface area (Å²) in [7, 11) is 5.65. The maximum Gasteiger partial charge on any atom is 1.00 e. The molecule has 7 heavy (non-hydrogen) atoms. The van der Waals surface area contributed by atoms with Crippen LogP contribution in [0.5, 0.6) is 0 Å². The Morgan fingerprint density at radius 1 is 1.29 bits per heavy atom. The quantitative estimate of drug-likeness (QED) is 0.260. The van der Waals surface area contributed by atoms with Crippen LogP contribution in [0.4, 0.5) is 0 Å². The molecule has 0 amide bonds. The average molecular weight is 275 g/mol. The standard InChI is InChI=1S/C3H9ClISi.K/c1-6(2,3)5-4;/h1-3H3;/q-1;+1. The van der Waals surface area contributed by atoms with Crippen LogP contribution in [-0.4, -0.2) is 5.57 Å². The Labute approximate surface area is 102 Å². The molecule has 0 nitrogen and oxygen atoms in total. The minimum Gasteiger partial charge on any atom is 1.00 e. The topological polar surface area (TPSA) is 0 Å². The molecule has 0 saturated heterocycles. The van der Waals surface area contributed by atoms with Crippen LogP contribution in [0, 0.1) is 0 Å². The second kappa shape index (κ2) is 5.64. The van der Waals surface area contributed by atoms with Crippen molar-refractivity contribution in [1.82, 2.24) is 0 Å². The number of hydrogen-bond acceptors (Lipinski definition) is 0. The van der Waals surface area contributed by atoms with E-state index in [-0.39, 0.29) is 70.7 Å². The largest absolute Gasteiger partial charge is 1.00 e. The van der Waals surface area contributed by atoms with E-state index in [0.717, 1.165) is 0 Å². The molecule has 0 atom stereocenters. The van der Waals surface area contributed by atoms with Crippen LogP contribution in [0.2, 0.25) is 19.6 Å². The van der Waals surface area contributed by atoms with Gasteiger partial charge in [0.2, 0.25) is 0 Å². The van der Waals surface area contributed by atoms with E-state index in [2.05, 4.69) is 19.6 Å². The number of hydrogen-bond donors (Lipinski definition) is 0. The summed E-state index contributed by atoms with van der Waals surface area (Å²) in [5, 5.41) is 0. The molecule has 0 aliphatic heterocycles. The first kappa shape index (κ1) is 12.5. The zero-order valence-electron chi connectivity index (χ0n) is 5.26. The van der Waals surface area contributed by atoms with E-state index in [9.17, 15) is 0 Å². The molecule has 0 N–H and O–H groups in total. The van der Waals surface area contributed by atoms with E-state index in [1.165, 1.54) is 0 Å². The number of halogens is 2. The van der Waals surface area contributed by atoms with Gasteiger partial charge < -0.3 is 0 Å². The van der Waals surface area contributed by atoms with Gasteiger partial charge in [0.15, 0.2) is 0 Å². The van der Waals surface area contributed by atoms with Gasteiger partial charge in [-0.3, -0.25) is 0 Å². The number of rotatable bonds is 1. The van der Waals surface area contributed by atoms with Gasteiger partial charge in [-0.25, -0.2) is 0 Å². The van der Waals surface area contributed by atoms with Crippen LogP contribution in [0.3, 0.4) is 0 Å². The van der Waals surface area contributed by atoms with E-state index in [4.69, 9.17) is 8.91 Å². The third kappa shape index (κ3) is 12.2. The molecule has 0 radical (unpaired) electrons. The zero-order valence-corrected chi connectivity index (χ0v) is 12.3. The molecule has 40 valence electrons. The molecule has 0 fully saturated rings. The first-order valence-electron chi connectivity index (χ1n) is 1.83. The van der Waals surface area contributed by atoms with Gasteiger partial charge in [0.1, 0.15) is 0 Å². The Hall–Kier alpha value is 2.87. The van der Waals surface area contributed by atoms with Crippen LogP contribution in [-0.2, 0) is 0 Å². The summed E-state index contributed by atoms with van der Waals surface area (Å²) in [6.07, 6.45) is 0. The average Bonchev–Trinajstić information content (AvgIpc) is 1.35. The molecule has 0 saturated carbocycles. The molecular weight excluding hydrogens is 266 g/mol. The molecule has 0 aromatic rings. The maximum atomic E-state index is 5.65. The summed E-state index contributed by atoms with van der Waals surface area (Å²) in [5.74, 6) is 0. The van der Waals surface area contributed by atoms with Crippen LogP contribution in [0.1, 0.15) is 0 Å². The summed E-state index contributed by atoms with van der Waals surface area (Å²) < 4.78 is 0. The van der Waals surface area contributed by atoms with Crippen molar-refractivity contribution in [3.8, 4) is 0 Å². The van der Waals surface area contributed by atoms with E-state index >= 15 is 0 Å². The van der Waals surface area contributed by atoms with E-state index < -0.39 is 5.57 Å². The summed E-state index contributed by atoms with van der Waals surface area (Å²) in [4.78, 5) is 0. The molecule has 0 spiro atoms. The van der Waals surface area contributed by atoms with Gasteiger partial charge in [-0.05, 0) is 0 Å². The fourth-order valence-corrected chi connectivity index (χ4v) is 0. The Bertz CT molecular complexity index is 44.7. The third-order valence-electron chi connectivity index (χ3n) is 0.214. The van der Waals surface area contributed by atoms with E-state index in [1.807, 2.05) is 0 Å². The van der Waals surface area contributed by atoms with Crippen molar-refractivity contribution < 1.29 is 70.7 Å². The molecule has 0 bridgehead atoms. The SMILES string of the molecule is C[Si](C)(C)[I-]Cl.[K+]. The predicted molar refractivity (Wildman–Crippen MR) is 29.2 cm³/mol. The van der Waals surface area contributed by atoms with Gasteiger partial charge in [-0.2, -0.15) is 0 Å². The Morgan fingerprint density at radius 3 is 1.43 bits per heavy atom. The zero-order chi connectivity index (χ0) is 5.21. The molecule has 0 aromatic carbocycles. The molecule has 0 aromatic heterocycles. The summed E-state index contributed by atoms with van der Waals surface area (Å²) in [6.45, 7) is 6.90. The van der Waals surface area contributed by atoms with E-state index in [0.29, 0.717) is 0 Å².